The van der Waals surface area contributed by atoms with Crippen LogP contribution in [0.15, 0.2) is 84.9 Å². The number of benzene rings is 3. The molecule has 1 atom stereocenters. The van der Waals surface area contributed by atoms with Crippen molar-refractivity contribution in [1.82, 2.24) is 0 Å². The highest BCUT2D eigenvalue weighted by Crippen LogP contribution is 2.26. The second-order valence-corrected chi connectivity index (χ2v) is 7.77. The van der Waals surface area contributed by atoms with Gasteiger partial charge in [-0.1, -0.05) is 72.8 Å². The Balaban J connectivity index is 0.000000208. The van der Waals surface area contributed by atoms with Crippen LogP contribution in [0.3, 0.4) is 0 Å². The zero-order chi connectivity index (χ0) is 19.7. The molecule has 4 nitrogen and oxygen atoms in total. The van der Waals surface area contributed by atoms with Gasteiger partial charge in [-0.05, 0) is 28.8 Å². The van der Waals surface area contributed by atoms with Crippen molar-refractivity contribution >= 4 is 22.7 Å². The molecule has 2 N–H and O–H groups in total. The molecule has 0 bridgehead atoms. The van der Waals surface area contributed by atoms with Crippen molar-refractivity contribution in [3.63, 3.8) is 0 Å². The van der Waals surface area contributed by atoms with Gasteiger partial charge < -0.3 is 5.11 Å². The Bertz CT molecular complexity index is 909. The number of phenolic OH excluding ortho intramolecular Hbond substituents is 1. The summed E-state index contributed by atoms with van der Waals surface area (Å²) in [6.07, 6.45) is 0. The fourth-order valence-electron chi connectivity index (χ4n) is 2.58. The molecule has 0 saturated carbocycles. The molecule has 0 aliphatic carbocycles. The average Bonchev–Trinajstić information content (AvgIpc) is 2.65. The Kier molecular flexibility index (Phi) is 7.91. The SMILES string of the molecule is O=S(=O)(O)Cc1ccccc1.Oc1ccc(C(CS)c2ccccc2)cc1. The Morgan fingerprint density at radius 3 is 1.74 bits per heavy atom. The van der Waals surface area contributed by atoms with E-state index in [2.05, 4.69) is 24.8 Å². The first-order valence-corrected chi connectivity index (χ1v) is 10.6. The minimum atomic E-state index is -3.88. The number of rotatable bonds is 5. The van der Waals surface area contributed by atoms with E-state index in [1.165, 1.54) is 11.1 Å². The van der Waals surface area contributed by atoms with Crippen LogP contribution in [0.4, 0.5) is 0 Å². The summed E-state index contributed by atoms with van der Waals surface area (Å²) >= 11 is 4.40. The molecular formula is C21H22O4S2. The van der Waals surface area contributed by atoms with Crippen molar-refractivity contribution in [2.75, 3.05) is 5.75 Å². The molecule has 0 aliphatic rings. The maximum absolute atomic E-state index is 10.4. The van der Waals surface area contributed by atoms with E-state index in [-0.39, 0.29) is 11.7 Å². The topological polar surface area (TPSA) is 74.6 Å². The molecule has 6 heteroatoms. The van der Waals surface area contributed by atoms with E-state index in [4.69, 9.17) is 4.55 Å². The van der Waals surface area contributed by atoms with Crippen molar-refractivity contribution in [2.45, 2.75) is 11.7 Å². The van der Waals surface area contributed by atoms with Crippen LogP contribution in [-0.2, 0) is 15.9 Å². The number of aromatic hydroxyl groups is 1. The van der Waals surface area contributed by atoms with Gasteiger partial charge in [0.1, 0.15) is 11.5 Å². The van der Waals surface area contributed by atoms with Crippen molar-refractivity contribution < 1.29 is 18.1 Å². The zero-order valence-corrected chi connectivity index (χ0v) is 16.4. The second kappa shape index (κ2) is 10.2. The molecule has 0 fully saturated rings. The van der Waals surface area contributed by atoms with E-state index in [1.807, 2.05) is 30.3 Å². The monoisotopic (exact) mass is 402 g/mol. The second-order valence-electron chi connectivity index (χ2n) is 5.95. The van der Waals surface area contributed by atoms with Crippen LogP contribution in [-0.4, -0.2) is 23.8 Å². The minimum absolute atomic E-state index is 0.283. The molecule has 3 aromatic carbocycles. The van der Waals surface area contributed by atoms with Gasteiger partial charge in [0.05, 0.1) is 0 Å². The molecule has 0 spiro atoms. The van der Waals surface area contributed by atoms with Gasteiger partial charge in [0.2, 0.25) is 0 Å². The predicted octanol–water partition coefficient (Wildman–Crippen LogP) is 4.53. The van der Waals surface area contributed by atoms with E-state index in [1.54, 1.807) is 42.5 Å². The number of thiol groups is 1. The van der Waals surface area contributed by atoms with Crippen LogP contribution < -0.4 is 0 Å². The van der Waals surface area contributed by atoms with Crippen molar-refractivity contribution in [3.05, 3.63) is 102 Å². The summed E-state index contributed by atoms with van der Waals surface area (Å²) in [5, 5.41) is 9.26. The third kappa shape index (κ3) is 7.46. The van der Waals surface area contributed by atoms with Gasteiger partial charge >= 0.3 is 0 Å². The van der Waals surface area contributed by atoms with Gasteiger partial charge in [-0.2, -0.15) is 21.0 Å². The lowest BCUT2D eigenvalue weighted by molar-refractivity contribution is 0.475. The summed E-state index contributed by atoms with van der Waals surface area (Å²) < 4.78 is 29.2. The summed E-state index contributed by atoms with van der Waals surface area (Å²) in [6.45, 7) is 0. The van der Waals surface area contributed by atoms with Crippen LogP contribution >= 0.6 is 12.6 Å². The fraction of sp³-hybridized carbons (Fsp3) is 0.143. The molecule has 0 amide bonds. The number of phenols is 1. The van der Waals surface area contributed by atoms with Crippen LogP contribution in [0, 0.1) is 0 Å². The summed E-state index contributed by atoms with van der Waals surface area (Å²) in [6, 6.07) is 26.1. The Morgan fingerprint density at radius 1 is 0.778 bits per heavy atom. The van der Waals surface area contributed by atoms with E-state index in [0.29, 0.717) is 11.3 Å². The van der Waals surface area contributed by atoms with Crippen LogP contribution in [0.5, 0.6) is 5.75 Å². The quantitative estimate of drug-likeness (QED) is 0.433. The third-order valence-electron chi connectivity index (χ3n) is 3.87. The van der Waals surface area contributed by atoms with E-state index in [0.717, 1.165) is 5.75 Å². The lowest BCUT2D eigenvalue weighted by Crippen LogP contribution is -2.02. The van der Waals surface area contributed by atoms with Crippen LogP contribution in [0.25, 0.3) is 0 Å². The molecule has 3 rings (SSSR count). The van der Waals surface area contributed by atoms with Gasteiger partial charge in [0, 0.05) is 11.7 Å². The van der Waals surface area contributed by atoms with E-state index < -0.39 is 10.1 Å². The molecule has 0 aromatic heterocycles. The largest absolute Gasteiger partial charge is 0.508 e. The van der Waals surface area contributed by atoms with Crippen LogP contribution in [0.1, 0.15) is 22.6 Å². The van der Waals surface area contributed by atoms with Crippen LogP contribution in [0.2, 0.25) is 0 Å². The van der Waals surface area contributed by atoms with Gasteiger partial charge in [-0.3, -0.25) is 4.55 Å². The maximum atomic E-state index is 10.4. The third-order valence-corrected chi connectivity index (χ3v) is 4.94. The van der Waals surface area contributed by atoms with E-state index in [9.17, 15) is 13.5 Å². The summed E-state index contributed by atoms with van der Waals surface area (Å²) in [5.74, 6) is 1.03. The highest BCUT2D eigenvalue weighted by Gasteiger charge is 2.11. The lowest BCUT2D eigenvalue weighted by Gasteiger charge is -2.15. The molecular weight excluding hydrogens is 380 g/mol. The van der Waals surface area contributed by atoms with Gasteiger partial charge in [0.25, 0.3) is 10.1 Å². The highest BCUT2D eigenvalue weighted by atomic mass is 32.2. The average molecular weight is 403 g/mol. The predicted molar refractivity (Wildman–Crippen MR) is 112 cm³/mol. The maximum Gasteiger partial charge on any atom is 0.269 e. The van der Waals surface area contributed by atoms with Gasteiger partial charge in [-0.25, -0.2) is 0 Å². The molecule has 1 unspecified atom stereocenters. The van der Waals surface area contributed by atoms with Gasteiger partial charge in [-0.15, -0.1) is 0 Å². The normalized spacial score (nSPS) is 11.9. The van der Waals surface area contributed by atoms with Crippen molar-refractivity contribution in [3.8, 4) is 5.75 Å². The van der Waals surface area contributed by atoms with Crippen molar-refractivity contribution in [1.29, 1.82) is 0 Å². The fourth-order valence-corrected chi connectivity index (χ4v) is 3.62. The molecule has 3 aromatic rings. The summed E-state index contributed by atoms with van der Waals surface area (Å²) in [7, 11) is -3.88. The molecule has 0 radical (unpaired) electrons. The first-order valence-electron chi connectivity index (χ1n) is 8.33. The first kappa shape index (κ1) is 21.0. The summed E-state index contributed by atoms with van der Waals surface area (Å²) in [4.78, 5) is 0. The minimum Gasteiger partial charge on any atom is -0.508 e. The van der Waals surface area contributed by atoms with Crippen molar-refractivity contribution in [2.24, 2.45) is 0 Å². The highest BCUT2D eigenvalue weighted by molar-refractivity contribution is 7.85. The molecule has 0 aliphatic heterocycles. The number of hydrogen-bond acceptors (Lipinski definition) is 4. The molecule has 0 saturated heterocycles. The lowest BCUT2D eigenvalue weighted by atomic mass is 9.93. The Morgan fingerprint density at radius 2 is 1.26 bits per heavy atom. The van der Waals surface area contributed by atoms with E-state index >= 15 is 0 Å². The van der Waals surface area contributed by atoms with Gasteiger partial charge in [0.15, 0.2) is 0 Å². The standard InChI is InChI=1S/C14H14OS.C7H8O3S/c15-13-8-6-12(7-9-13)14(10-16)11-4-2-1-3-5-11;8-11(9,10)6-7-4-2-1-3-5-7/h1-9,14-16H,10H2;1-5H,6H2,(H,8,9,10). The molecule has 0 heterocycles. The first-order chi connectivity index (χ1) is 12.9. The Labute approximate surface area is 165 Å². The molecule has 27 heavy (non-hydrogen) atoms. The zero-order valence-electron chi connectivity index (χ0n) is 14.6. The number of hydrogen-bond donors (Lipinski definition) is 3. The Hall–Kier alpha value is -2.28. The smallest absolute Gasteiger partial charge is 0.269 e. The molecule has 142 valence electrons. The summed E-state index contributed by atoms with van der Waals surface area (Å²) in [5.41, 5.74) is 3.03.